The second kappa shape index (κ2) is 5.48. The summed E-state index contributed by atoms with van der Waals surface area (Å²) in [5.41, 5.74) is 2.36. The summed E-state index contributed by atoms with van der Waals surface area (Å²) in [6.07, 6.45) is 4.23. The van der Waals surface area contributed by atoms with Crippen LogP contribution in [0.1, 0.15) is 19.3 Å². The second-order valence-electron chi connectivity index (χ2n) is 4.17. The quantitative estimate of drug-likeness (QED) is 0.475. The number of aliphatic hydroxyl groups is 1. The van der Waals surface area contributed by atoms with Crippen molar-refractivity contribution in [2.75, 3.05) is 17.3 Å². The van der Waals surface area contributed by atoms with Crippen molar-refractivity contribution in [3.8, 4) is 0 Å². The second-order valence-corrected chi connectivity index (χ2v) is 4.58. The molecule has 0 spiro atoms. The number of aromatic nitrogens is 2. The average molecular weight is 258 g/mol. The van der Waals surface area contributed by atoms with Gasteiger partial charge in [-0.05, 0) is 12.8 Å². The van der Waals surface area contributed by atoms with Crippen molar-refractivity contribution in [2.24, 2.45) is 11.8 Å². The van der Waals surface area contributed by atoms with Crippen LogP contribution in [-0.4, -0.2) is 27.7 Å². The van der Waals surface area contributed by atoms with Crippen LogP contribution in [0.5, 0.6) is 0 Å². The van der Waals surface area contributed by atoms with E-state index in [1.165, 1.54) is 6.20 Å². The maximum absolute atomic E-state index is 9.70. The lowest BCUT2D eigenvalue weighted by atomic mass is 10.1. The average Bonchev–Trinajstić information content (AvgIpc) is 2.74. The van der Waals surface area contributed by atoms with E-state index in [9.17, 15) is 5.11 Å². The highest BCUT2D eigenvalue weighted by molar-refractivity contribution is 6.32. The first-order chi connectivity index (χ1) is 8.20. The lowest BCUT2D eigenvalue weighted by Gasteiger charge is -2.16. The lowest BCUT2D eigenvalue weighted by molar-refractivity contribution is 0.138. The van der Waals surface area contributed by atoms with Gasteiger partial charge in [0, 0.05) is 12.5 Å². The summed E-state index contributed by atoms with van der Waals surface area (Å²) in [7, 11) is 0. The normalized spacial score (nSPS) is 23.7. The number of nitrogens with one attached hydrogen (secondary N) is 2. The molecule has 0 bridgehead atoms. The third kappa shape index (κ3) is 2.96. The van der Waals surface area contributed by atoms with E-state index in [0.717, 1.165) is 19.3 Å². The van der Waals surface area contributed by atoms with Crippen molar-refractivity contribution in [1.29, 1.82) is 0 Å². The predicted octanol–water partition coefficient (Wildman–Crippen LogP) is 0.988. The number of nitrogen functional groups attached to an aromatic ring is 1. The molecule has 7 heteroatoms. The molecule has 17 heavy (non-hydrogen) atoms. The number of halogens is 1. The van der Waals surface area contributed by atoms with Crippen LogP contribution in [0.15, 0.2) is 6.20 Å². The Morgan fingerprint density at radius 1 is 1.53 bits per heavy atom. The Labute approximate surface area is 105 Å². The molecule has 1 aliphatic carbocycles. The highest BCUT2D eigenvalue weighted by Gasteiger charge is 2.25. The van der Waals surface area contributed by atoms with Gasteiger partial charge >= 0.3 is 0 Å². The summed E-state index contributed by atoms with van der Waals surface area (Å²) < 4.78 is 0. The van der Waals surface area contributed by atoms with Gasteiger partial charge in [0.25, 0.3) is 0 Å². The number of aliphatic hydroxyl groups excluding tert-OH is 1. The maximum Gasteiger partial charge on any atom is 0.239 e. The van der Waals surface area contributed by atoms with Crippen molar-refractivity contribution < 1.29 is 5.11 Å². The maximum atomic E-state index is 9.70. The van der Waals surface area contributed by atoms with Crippen LogP contribution in [0, 0.1) is 5.92 Å². The number of hydrazine groups is 1. The zero-order chi connectivity index (χ0) is 12.3. The fourth-order valence-corrected chi connectivity index (χ4v) is 2.20. The Hall–Kier alpha value is -1.11. The zero-order valence-corrected chi connectivity index (χ0v) is 10.1. The van der Waals surface area contributed by atoms with E-state index in [1.807, 2.05) is 0 Å². The molecule has 1 aromatic rings. The van der Waals surface area contributed by atoms with E-state index in [1.54, 1.807) is 0 Å². The Morgan fingerprint density at radius 2 is 2.35 bits per heavy atom. The molecule has 1 aliphatic rings. The number of nitrogens with two attached hydrogens (primary N) is 1. The van der Waals surface area contributed by atoms with E-state index in [4.69, 9.17) is 17.4 Å². The van der Waals surface area contributed by atoms with E-state index in [2.05, 4.69) is 20.7 Å². The smallest absolute Gasteiger partial charge is 0.239 e. The van der Waals surface area contributed by atoms with Gasteiger partial charge in [0.1, 0.15) is 5.02 Å². The van der Waals surface area contributed by atoms with E-state index < -0.39 is 0 Å². The highest BCUT2D eigenvalue weighted by atomic mass is 35.5. The molecule has 2 rings (SSSR count). The Balaban J connectivity index is 1.98. The molecule has 0 amide bonds. The molecular weight excluding hydrogens is 242 g/mol. The van der Waals surface area contributed by atoms with E-state index >= 15 is 0 Å². The van der Waals surface area contributed by atoms with Crippen molar-refractivity contribution in [3.05, 3.63) is 11.2 Å². The topological polar surface area (TPSA) is 96.1 Å². The largest absolute Gasteiger partial charge is 0.393 e. The molecule has 94 valence electrons. The summed E-state index contributed by atoms with van der Waals surface area (Å²) in [5.74, 6) is 6.33. The molecule has 1 heterocycles. The molecule has 0 aliphatic heterocycles. The summed E-state index contributed by atoms with van der Waals surface area (Å²) >= 11 is 5.96. The van der Waals surface area contributed by atoms with Gasteiger partial charge in [0.05, 0.1) is 12.3 Å². The first-order valence-corrected chi connectivity index (χ1v) is 5.99. The third-order valence-corrected chi connectivity index (χ3v) is 3.30. The van der Waals surface area contributed by atoms with E-state index in [-0.39, 0.29) is 12.0 Å². The first-order valence-electron chi connectivity index (χ1n) is 5.62. The molecule has 0 saturated heterocycles. The van der Waals surface area contributed by atoms with E-state index in [0.29, 0.717) is 23.3 Å². The summed E-state index contributed by atoms with van der Waals surface area (Å²) in [5, 5.41) is 13.3. The Bertz CT molecular complexity index is 389. The number of nitrogens with zero attached hydrogens (tertiary/aromatic N) is 2. The minimum Gasteiger partial charge on any atom is -0.393 e. The summed E-state index contributed by atoms with van der Waals surface area (Å²) in [4.78, 5) is 7.99. The van der Waals surface area contributed by atoms with Crippen molar-refractivity contribution in [3.63, 3.8) is 0 Å². The minimum atomic E-state index is -0.227. The molecule has 1 saturated carbocycles. The van der Waals surface area contributed by atoms with Gasteiger partial charge in [-0.1, -0.05) is 18.0 Å². The molecule has 0 aromatic carbocycles. The van der Waals surface area contributed by atoms with Crippen LogP contribution in [0.25, 0.3) is 0 Å². The standard InChI is InChI=1S/C10H16ClN5O/c11-7-5-14-10(16-12)15-9(7)13-4-6-2-1-3-8(6)17/h5-6,8,17H,1-4,12H2,(H2,13,14,15,16). The fourth-order valence-electron chi connectivity index (χ4n) is 2.04. The monoisotopic (exact) mass is 257 g/mol. The van der Waals surface area contributed by atoms with Crippen LogP contribution in [0.3, 0.4) is 0 Å². The highest BCUT2D eigenvalue weighted by Crippen LogP contribution is 2.26. The lowest BCUT2D eigenvalue weighted by Crippen LogP contribution is -2.22. The summed E-state index contributed by atoms with van der Waals surface area (Å²) in [6.45, 7) is 0.655. The number of hydrogen-bond donors (Lipinski definition) is 4. The van der Waals surface area contributed by atoms with Gasteiger partial charge in [0.2, 0.25) is 5.95 Å². The molecule has 1 aromatic heterocycles. The molecule has 2 unspecified atom stereocenters. The zero-order valence-electron chi connectivity index (χ0n) is 9.36. The van der Waals surface area contributed by atoms with Crippen LogP contribution < -0.4 is 16.6 Å². The van der Waals surface area contributed by atoms with Crippen LogP contribution in [-0.2, 0) is 0 Å². The van der Waals surface area contributed by atoms with Crippen LogP contribution in [0.2, 0.25) is 5.02 Å². The van der Waals surface area contributed by atoms with Gasteiger partial charge in [-0.25, -0.2) is 10.8 Å². The fraction of sp³-hybridized carbons (Fsp3) is 0.600. The molecule has 2 atom stereocenters. The minimum absolute atomic E-state index is 0.227. The molecular formula is C10H16ClN5O. The van der Waals surface area contributed by atoms with Gasteiger partial charge in [-0.15, -0.1) is 0 Å². The number of rotatable bonds is 4. The Morgan fingerprint density at radius 3 is 3.00 bits per heavy atom. The van der Waals surface area contributed by atoms with Gasteiger partial charge < -0.3 is 10.4 Å². The van der Waals surface area contributed by atoms with Crippen molar-refractivity contribution in [1.82, 2.24) is 9.97 Å². The number of anilines is 2. The van der Waals surface area contributed by atoms with Crippen LogP contribution in [0.4, 0.5) is 11.8 Å². The van der Waals surface area contributed by atoms with Gasteiger partial charge in [-0.3, -0.25) is 5.43 Å². The molecule has 0 radical (unpaired) electrons. The van der Waals surface area contributed by atoms with Crippen molar-refractivity contribution >= 4 is 23.4 Å². The predicted molar refractivity (Wildman–Crippen MR) is 66.7 cm³/mol. The van der Waals surface area contributed by atoms with Gasteiger partial charge in [0.15, 0.2) is 5.82 Å². The first kappa shape index (κ1) is 12.3. The summed E-state index contributed by atoms with van der Waals surface area (Å²) in [6, 6.07) is 0. The third-order valence-electron chi connectivity index (χ3n) is 3.02. The molecule has 1 fully saturated rings. The number of hydrogen-bond acceptors (Lipinski definition) is 6. The Kier molecular flexibility index (Phi) is 3.98. The van der Waals surface area contributed by atoms with Crippen LogP contribution >= 0.6 is 11.6 Å². The molecule has 5 N–H and O–H groups in total. The SMILES string of the molecule is NNc1ncc(Cl)c(NCC2CCCC2O)n1. The molecule has 6 nitrogen and oxygen atoms in total. The van der Waals surface area contributed by atoms with Gasteiger partial charge in [-0.2, -0.15) is 4.98 Å². The van der Waals surface area contributed by atoms with Crippen molar-refractivity contribution in [2.45, 2.75) is 25.4 Å².